The summed E-state index contributed by atoms with van der Waals surface area (Å²) in [4.78, 5) is 20.8. The second-order valence-electron chi connectivity index (χ2n) is 4.74. The second kappa shape index (κ2) is 10.5. The van der Waals surface area contributed by atoms with Gasteiger partial charge >= 0.3 is 11.9 Å². The number of aliphatic carboxylic acids is 1. The lowest BCUT2D eigenvalue weighted by Crippen LogP contribution is -2.60. The molecule has 0 saturated heterocycles. The van der Waals surface area contributed by atoms with Gasteiger partial charge in [0.25, 0.3) is 0 Å². The van der Waals surface area contributed by atoms with Gasteiger partial charge in [-0.1, -0.05) is 17.7 Å². The molecular formula is C15H21NO7S. The van der Waals surface area contributed by atoms with E-state index in [-0.39, 0.29) is 11.3 Å². The van der Waals surface area contributed by atoms with Crippen LogP contribution in [0.25, 0.3) is 0 Å². The van der Waals surface area contributed by atoms with Crippen LogP contribution in [-0.4, -0.2) is 42.7 Å². The lowest BCUT2D eigenvalue weighted by molar-refractivity contribution is -0.402. The Morgan fingerprint density at radius 1 is 1.33 bits per heavy atom. The molecule has 4 N–H and O–H groups in total. The molecule has 9 heteroatoms. The van der Waals surface area contributed by atoms with Gasteiger partial charge in [0, 0.05) is 6.08 Å². The van der Waals surface area contributed by atoms with Crippen LogP contribution in [0.1, 0.15) is 18.9 Å². The first-order valence-corrected chi connectivity index (χ1v) is 8.39. The molecule has 0 aromatic heterocycles. The van der Waals surface area contributed by atoms with E-state index in [0.29, 0.717) is 6.61 Å². The molecule has 0 saturated carbocycles. The number of quaternary nitrogens is 1. The summed E-state index contributed by atoms with van der Waals surface area (Å²) in [5.74, 6) is -1.41. The predicted molar refractivity (Wildman–Crippen MR) is 83.8 cm³/mol. The van der Waals surface area contributed by atoms with Crippen LogP contribution in [0.5, 0.6) is 0 Å². The summed E-state index contributed by atoms with van der Waals surface area (Å²) in [5.41, 5.74) is 4.46. The van der Waals surface area contributed by atoms with E-state index in [1.54, 1.807) is 19.1 Å². The molecule has 0 amide bonds. The van der Waals surface area contributed by atoms with Crippen LogP contribution in [0, 0.1) is 6.92 Å². The van der Waals surface area contributed by atoms with Crippen molar-refractivity contribution in [2.24, 2.45) is 0 Å². The highest BCUT2D eigenvalue weighted by Crippen LogP contribution is 2.08. The van der Waals surface area contributed by atoms with Crippen molar-refractivity contribution in [3.05, 3.63) is 42.0 Å². The number of rotatable bonds is 6. The number of hydrogen-bond acceptors (Lipinski definition) is 6. The molecule has 1 aromatic carbocycles. The molecule has 1 aromatic rings. The number of carboxylic acid groups (broad SMARTS) is 1. The van der Waals surface area contributed by atoms with Gasteiger partial charge in [-0.3, -0.25) is 4.79 Å². The number of carboxylic acids is 1. The topological polar surface area (TPSA) is 148 Å². The van der Waals surface area contributed by atoms with Gasteiger partial charge in [0.1, 0.15) is 22.6 Å². The molecule has 0 aliphatic rings. The Balaban J connectivity index is 0.000000446. The van der Waals surface area contributed by atoms with Crippen LogP contribution >= 0.6 is 0 Å². The van der Waals surface area contributed by atoms with Gasteiger partial charge in [-0.15, -0.1) is 0 Å². The fourth-order valence-corrected chi connectivity index (χ4v) is 1.87. The van der Waals surface area contributed by atoms with E-state index in [1.807, 2.05) is 6.92 Å². The molecule has 0 bridgehead atoms. The molecule has 134 valence electrons. The molecule has 8 nitrogen and oxygen atoms in total. The summed E-state index contributed by atoms with van der Waals surface area (Å²) in [6.07, 6.45) is 2.53. The molecule has 0 unspecified atom stereocenters. The van der Waals surface area contributed by atoms with Gasteiger partial charge in [-0.05, 0) is 32.1 Å². The summed E-state index contributed by atoms with van der Waals surface area (Å²) in [5, 5.41) is 8.36. The number of carbonyl (C=O) groups excluding carboxylic acids is 1. The Kier molecular flexibility index (Phi) is 9.55. The lowest BCUT2D eigenvalue weighted by Gasteiger charge is -2.05. The Labute approximate surface area is 140 Å². The highest BCUT2D eigenvalue weighted by atomic mass is 32.2. The van der Waals surface area contributed by atoms with E-state index in [2.05, 4.69) is 10.5 Å². The average molecular weight is 359 g/mol. The fourth-order valence-electron chi connectivity index (χ4n) is 1.40. The first-order chi connectivity index (χ1) is 11.1. The SMILES string of the molecule is CCOC(=O)/C=C/[C@@H]([NH3+])CC(=O)O.Cc1ccc(S(=O)(=O)[O-])cc1. The molecule has 0 spiro atoms. The summed E-state index contributed by atoms with van der Waals surface area (Å²) in [6.45, 7) is 3.83. The van der Waals surface area contributed by atoms with E-state index in [1.165, 1.54) is 24.3 Å². The van der Waals surface area contributed by atoms with Crippen molar-refractivity contribution >= 4 is 22.1 Å². The third kappa shape index (κ3) is 10.5. The van der Waals surface area contributed by atoms with Gasteiger partial charge in [-0.2, -0.15) is 0 Å². The summed E-state index contributed by atoms with van der Waals surface area (Å²) >= 11 is 0. The largest absolute Gasteiger partial charge is 0.744 e. The molecule has 0 heterocycles. The van der Waals surface area contributed by atoms with E-state index < -0.39 is 28.1 Å². The van der Waals surface area contributed by atoms with Gasteiger partial charge in [0.15, 0.2) is 0 Å². The number of carbonyl (C=O) groups is 2. The zero-order chi connectivity index (χ0) is 18.8. The van der Waals surface area contributed by atoms with Crippen molar-refractivity contribution in [2.45, 2.75) is 31.2 Å². The van der Waals surface area contributed by atoms with E-state index in [9.17, 15) is 22.6 Å². The maximum absolute atomic E-state index is 10.7. The van der Waals surface area contributed by atoms with Crippen molar-refractivity contribution in [3.63, 3.8) is 0 Å². The van der Waals surface area contributed by atoms with Gasteiger partial charge in [0.2, 0.25) is 0 Å². The summed E-state index contributed by atoms with van der Waals surface area (Å²) in [6, 6.07) is 5.38. The first-order valence-electron chi connectivity index (χ1n) is 6.98. The highest BCUT2D eigenvalue weighted by molar-refractivity contribution is 7.85. The van der Waals surface area contributed by atoms with Gasteiger partial charge in [-0.25, -0.2) is 13.2 Å². The number of aryl methyl sites for hydroxylation is 1. The molecule has 0 aliphatic heterocycles. The van der Waals surface area contributed by atoms with Crippen molar-refractivity contribution in [2.75, 3.05) is 6.61 Å². The number of esters is 1. The Bertz CT molecular complexity index is 666. The van der Waals surface area contributed by atoms with Crippen LogP contribution in [0.15, 0.2) is 41.3 Å². The first kappa shape index (κ1) is 21.8. The second-order valence-corrected chi connectivity index (χ2v) is 6.12. The number of hydrogen-bond donors (Lipinski definition) is 2. The quantitative estimate of drug-likeness (QED) is 0.415. The maximum Gasteiger partial charge on any atom is 0.330 e. The minimum Gasteiger partial charge on any atom is -0.744 e. The van der Waals surface area contributed by atoms with Crippen molar-refractivity contribution < 1.29 is 38.1 Å². The molecule has 0 aliphatic carbocycles. The summed E-state index contributed by atoms with van der Waals surface area (Å²) in [7, 11) is -4.27. The standard InChI is InChI=1S/C8H13NO4.C7H8O3S/c1-2-13-8(12)4-3-6(9)5-7(10)11;1-6-2-4-7(5-3-6)11(8,9)10/h3-4,6H,2,5,9H2,1H3,(H,10,11);2-5H,1H3,(H,8,9,10)/b4-3+;/t6-;/m1./s1. The number of benzene rings is 1. The minimum absolute atomic E-state index is 0.0874. The smallest absolute Gasteiger partial charge is 0.330 e. The van der Waals surface area contributed by atoms with Crippen LogP contribution in [-0.2, 0) is 24.4 Å². The van der Waals surface area contributed by atoms with Crippen LogP contribution < -0.4 is 5.73 Å². The van der Waals surface area contributed by atoms with Crippen molar-refractivity contribution in [3.8, 4) is 0 Å². The summed E-state index contributed by atoms with van der Waals surface area (Å²) < 4.78 is 35.8. The predicted octanol–water partition coefficient (Wildman–Crippen LogP) is 0.0900. The Morgan fingerprint density at radius 2 is 1.88 bits per heavy atom. The Hall–Kier alpha value is -2.23. The van der Waals surface area contributed by atoms with Crippen molar-refractivity contribution in [1.82, 2.24) is 0 Å². The minimum atomic E-state index is -4.27. The average Bonchev–Trinajstić information content (AvgIpc) is 2.45. The molecule has 0 fully saturated rings. The molecule has 1 atom stereocenters. The third-order valence-corrected chi connectivity index (χ3v) is 3.39. The maximum atomic E-state index is 10.7. The van der Waals surface area contributed by atoms with E-state index in [0.717, 1.165) is 5.56 Å². The number of ether oxygens (including phenoxy) is 1. The lowest BCUT2D eigenvalue weighted by atomic mass is 10.2. The monoisotopic (exact) mass is 359 g/mol. The van der Waals surface area contributed by atoms with Crippen molar-refractivity contribution in [1.29, 1.82) is 0 Å². The van der Waals surface area contributed by atoms with Gasteiger partial charge in [0.05, 0.1) is 11.5 Å². The normalized spacial score (nSPS) is 12.2. The molecular weight excluding hydrogens is 338 g/mol. The zero-order valence-electron chi connectivity index (χ0n) is 13.5. The fraction of sp³-hybridized carbons (Fsp3) is 0.333. The third-order valence-electron chi connectivity index (χ3n) is 2.54. The van der Waals surface area contributed by atoms with E-state index >= 15 is 0 Å². The van der Waals surface area contributed by atoms with Crippen LogP contribution in [0.2, 0.25) is 0 Å². The van der Waals surface area contributed by atoms with Crippen LogP contribution in [0.4, 0.5) is 0 Å². The van der Waals surface area contributed by atoms with E-state index in [4.69, 9.17) is 5.11 Å². The molecule has 0 radical (unpaired) electrons. The zero-order valence-corrected chi connectivity index (χ0v) is 14.3. The van der Waals surface area contributed by atoms with Crippen LogP contribution in [0.3, 0.4) is 0 Å². The highest BCUT2D eigenvalue weighted by Gasteiger charge is 2.07. The molecule has 24 heavy (non-hydrogen) atoms. The molecule has 1 rings (SSSR count). The Morgan fingerprint density at radius 3 is 2.29 bits per heavy atom. The van der Waals surface area contributed by atoms with Gasteiger partial charge < -0.3 is 20.1 Å².